The molecule has 1 fully saturated rings. The van der Waals surface area contributed by atoms with Crippen LogP contribution in [0.1, 0.15) is 71.6 Å². The highest BCUT2D eigenvalue weighted by molar-refractivity contribution is 4.89. The number of hydrogen-bond donors (Lipinski definition) is 0. The van der Waals surface area contributed by atoms with Gasteiger partial charge in [-0.15, -0.1) is 0 Å². The Morgan fingerprint density at radius 1 is 1.06 bits per heavy atom. The predicted octanol–water partition coefficient (Wildman–Crippen LogP) is 4.67. The third-order valence-corrected chi connectivity index (χ3v) is 4.22. The smallest absolute Gasteiger partial charge is 0.00218 e. The van der Waals surface area contributed by atoms with Crippen LogP contribution in [-0.4, -0.2) is 25.0 Å². The third kappa shape index (κ3) is 7.08. The van der Waals surface area contributed by atoms with Crippen LogP contribution in [0.5, 0.6) is 0 Å². The molecule has 1 saturated carbocycles. The van der Waals surface area contributed by atoms with Crippen molar-refractivity contribution in [2.24, 2.45) is 5.92 Å². The van der Waals surface area contributed by atoms with Crippen molar-refractivity contribution in [3.8, 4) is 0 Å². The van der Waals surface area contributed by atoms with Gasteiger partial charge in [-0.05, 0) is 70.5 Å². The van der Waals surface area contributed by atoms with Crippen LogP contribution >= 0.6 is 0 Å². The summed E-state index contributed by atoms with van der Waals surface area (Å²) in [5.41, 5.74) is 0. The van der Waals surface area contributed by atoms with E-state index in [4.69, 9.17) is 0 Å². The van der Waals surface area contributed by atoms with E-state index < -0.39 is 0 Å². The molecule has 1 aliphatic rings. The number of nitrogens with zero attached hydrogens (tertiary/aromatic N) is 1. The number of unbranched alkanes of at least 4 members (excludes halogenated alkanes) is 2. The van der Waals surface area contributed by atoms with Gasteiger partial charge in [0, 0.05) is 0 Å². The Morgan fingerprint density at radius 3 is 2.41 bits per heavy atom. The second-order valence-corrected chi connectivity index (χ2v) is 6.05. The number of rotatable bonds is 8. The van der Waals surface area contributed by atoms with Crippen LogP contribution in [0.25, 0.3) is 0 Å². The lowest BCUT2D eigenvalue weighted by Crippen LogP contribution is -2.20. The van der Waals surface area contributed by atoms with Crippen molar-refractivity contribution in [3.05, 3.63) is 5.92 Å². The molecule has 0 amide bonds. The fourth-order valence-electron chi connectivity index (χ4n) is 2.94. The largest absolute Gasteiger partial charge is 0.306 e. The molecule has 1 rings (SSSR count). The topological polar surface area (TPSA) is 3.24 Å². The Morgan fingerprint density at radius 2 is 1.76 bits per heavy atom. The highest BCUT2D eigenvalue weighted by atomic mass is 15.1. The maximum absolute atomic E-state index is 2.47. The molecule has 1 radical (unpaired) electrons. The van der Waals surface area contributed by atoms with E-state index in [1.165, 1.54) is 70.9 Å². The Labute approximate surface area is 109 Å². The van der Waals surface area contributed by atoms with Gasteiger partial charge in [0.25, 0.3) is 0 Å². The van der Waals surface area contributed by atoms with E-state index in [0.29, 0.717) is 0 Å². The molecule has 1 aliphatic carbocycles. The second-order valence-electron chi connectivity index (χ2n) is 6.05. The van der Waals surface area contributed by atoms with E-state index >= 15 is 0 Å². The summed E-state index contributed by atoms with van der Waals surface area (Å²) in [6.45, 7) is 7.15. The van der Waals surface area contributed by atoms with Gasteiger partial charge in [-0.3, -0.25) is 0 Å². The third-order valence-electron chi connectivity index (χ3n) is 4.22. The van der Waals surface area contributed by atoms with Gasteiger partial charge in [0.05, 0.1) is 0 Å². The van der Waals surface area contributed by atoms with Gasteiger partial charge >= 0.3 is 0 Å². The average molecular weight is 238 g/mol. The first-order valence-electron chi connectivity index (χ1n) is 7.72. The first kappa shape index (κ1) is 15.0. The first-order valence-corrected chi connectivity index (χ1v) is 7.72. The molecule has 0 saturated heterocycles. The molecule has 0 atom stereocenters. The Hall–Kier alpha value is -0.0400. The van der Waals surface area contributed by atoms with Crippen molar-refractivity contribution in [3.63, 3.8) is 0 Å². The highest BCUT2D eigenvalue weighted by Crippen LogP contribution is 2.32. The molecule has 101 valence electrons. The Kier molecular flexibility index (Phi) is 7.92. The van der Waals surface area contributed by atoms with Gasteiger partial charge in [-0.25, -0.2) is 0 Å². The standard InChI is InChI=1S/C16H32N/c1-4-13-17(3)14-7-5-6-8-16-11-9-15(2)10-12-16/h16H,4-14H2,1-3H3. The fraction of sp³-hybridized carbons (Fsp3) is 0.938. The zero-order valence-electron chi connectivity index (χ0n) is 12.3. The molecule has 0 aromatic carbocycles. The SMILES string of the molecule is CCCN(C)CCCCCC1CC[C](C)CC1. The molecule has 0 bridgehead atoms. The monoisotopic (exact) mass is 238 g/mol. The molecule has 0 spiro atoms. The maximum atomic E-state index is 2.47. The van der Waals surface area contributed by atoms with Crippen LogP contribution in [0.3, 0.4) is 0 Å². The lowest BCUT2D eigenvalue weighted by Gasteiger charge is -2.25. The van der Waals surface area contributed by atoms with E-state index in [9.17, 15) is 0 Å². The molecule has 0 aromatic rings. The molecule has 0 heterocycles. The lowest BCUT2D eigenvalue weighted by atomic mass is 9.80. The van der Waals surface area contributed by atoms with E-state index in [1.54, 1.807) is 5.92 Å². The minimum atomic E-state index is 1.05. The summed E-state index contributed by atoms with van der Waals surface area (Å²) >= 11 is 0. The van der Waals surface area contributed by atoms with Crippen LogP contribution in [-0.2, 0) is 0 Å². The lowest BCUT2D eigenvalue weighted by molar-refractivity contribution is 0.313. The van der Waals surface area contributed by atoms with Crippen molar-refractivity contribution < 1.29 is 0 Å². The van der Waals surface area contributed by atoms with E-state index in [1.807, 2.05) is 0 Å². The molecule has 0 aliphatic heterocycles. The summed E-state index contributed by atoms with van der Waals surface area (Å²) in [5.74, 6) is 2.79. The molecular formula is C16H32N. The molecule has 17 heavy (non-hydrogen) atoms. The Balaban J connectivity index is 1.90. The predicted molar refractivity (Wildman–Crippen MR) is 77.1 cm³/mol. The minimum Gasteiger partial charge on any atom is -0.306 e. The van der Waals surface area contributed by atoms with Crippen molar-refractivity contribution in [1.82, 2.24) is 4.90 Å². The average Bonchev–Trinajstić information content (AvgIpc) is 2.31. The van der Waals surface area contributed by atoms with Crippen molar-refractivity contribution >= 4 is 0 Å². The maximum Gasteiger partial charge on any atom is -0.00218 e. The summed E-state index contributed by atoms with van der Waals surface area (Å²) in [5, 5.41) is 0. The Bertz CT molecular complexity index is 170. The van der Waals surface area contributed by atoms with Gasteiger partial charge in [-0.1, -0.05) is 33.1 Å². The molecule has 0 aromatic heterocycles. The minimum absolute atomic E-state index is 1.05. The van der Waals surface area contributed by atoms with Gasteiger partial charge < -0.3 is 4.90 Å². The quantitative estimate of drug-likeness (QED) is 0.555. The summed E-state index contributed by atoms with van der Waals surface area (Å²) in [6.07, 6.45) is 12.8. The highest BCUT2D eigenvalue weighted by Gasteiger charge is 2.17. The summed E-state index contributed by atoms with van der Waals surface area (Å²) in [4.78, 5) is 2.47. The van der Waals surface area contributed by atoms with Gasteiger partial charge in [-0.2, -0.15) is 0 Å². The van der Waals surface area contributed by atoms with Gasteiger partial charge in [0.2, 0.25) is 0 Å². The summed E-state index contributed by atoms with van der Waals surface area (Å²) in [6, 6.07) is 0. The number of hydrogen-bond acceptors (Lipinski definition) is 1. The molecular weight excluding hydrogens is 206 g/mol. The van der Waals surface area contributed by atoms with Crippen LogP contribution in [0, 0.1) is 11.8 Å². The van der Waals surface area contributed by atoms with E-state index in [-0.39, 0.29) is 0 Å². The second kappa shape index (κ2) is 8.97. The van der Waals surface area contributed by atoms with Gasteiger partial charge in [0.1, 0.15) is 0 Å². The first-order chi connectivity index (χ1) is 8.22. The van der Waals surface area contributed by atoms with Crippen molar-refractivity contribution in [2.75, 3.05) is 20.1 Å². The van der Waals surface area contributed by atoms with Crippen LogP contribution in [0.2, 0.25) is 0 Å². The summed E-state index contributed by atoms with van der Waals surface area (Å²) in [7, 11) is 2.25. The zero-order valence-corrected chi connectivity index (χ0v) is 12.3. The molecule has 0 N–H and O–H groups in total. The van der Waals surface area contributed by atoms with Crippen LogP contribution in [0.4, 0.5) is 0 Å². The molecule has 0 unspecified atom stereocenters. The molecule has 1 nitrogen and oxygen atoms in total. The fourth-order valence-corrected chi connectivity index (χ4v) is 2.94. The van der Waals surface area contributed by atoms with Crippen LogP contribution in [0.15, 0.2) is 0 Å². The summed E-state index contributed by atoms with van der Waals surface area (Å²) < 4.78 is 0. The van der Waals surface area contributed by atoms with Crippen molar-refractivity contribution in [1.29, 1.82) is 0 Å². The molecule has 1 heteroatoms. The van der Waals surface area contributed by atoms with Crippen LogP contribution < -0.4 is 0 Å². The van der Waals surface area contributed by atoms with Gasteiger partial charge in [0.15, 0.2) is 0 Å². The van der Waals surface area contributed by atoms with E-state index in [2.05, 4.69) is 25.8 Å². The normalized spacial score (nSPS) is 19.1. The van der Waals surface area contributed by atoms with Crippen molar-refractivity contribution in [2.45, 2.75) is 71.6 Å². The van der Waals surface area contributed by atoms with E-state index in [0.717, 1.165) is 5.92 Å². The zero-order chi connectivity index (χ0) is 12.5.